The summed E-state index contributed by atoms with van der Waals surface area (Å²) in [6, 6.07) is 0. The lowest BCUT2D eigenvalue weighted by atomic mass is 9.88. The molecule has 4 fully saturated rings. The molecule has 0 spiro atoms. The summed E-state index contributed by atoms with van der Waals surface area (Å²) in [7, 11) is 0. The molecular formula is C24H42O18. The number of aliphatic hydroxyl groups excluding tert-OH is 12. The molecule has 3 heterocycles. The molecule has 19 atom stereocenters. The molecule has 0 aromatic rings. The smallest absolute Gasteiger partial charge is 0.187 e. The first-order valence-electron chi connectivity index (χ1n) is 13.8. The third kappa shape index (κ3) is 6.76. The third-order valence-corrected chi connectivity index (χ3v) is 8.24. The summed E-state index contributed by atoms with van der Waals surface area (Å²) in [5, 5.41) is 122. The van der Waals surface area contributed by atoms with E-state index < -0.39 is 130 Å². The fourth-order valence-electron chi connectivity index (χ4n) is 5.66. The normalized spacial score (nSPS) is 54.1. The van der Waals surface area contributed by atoms with Gasteiger partial charge < -0.3 is 89.7 Å². The maximum Gasteiger partial charge on any atom is 0.187 e. The molecule has 0 radical (unpaired) electrons. The Morgan fingerprint density at radius 2 is 1.00 bits per heavy atom. The highest BCUT2D eigenvalue weighted by Gasteiger charge is 2.52. The molecule has 0 amide bonds. The van der Waals surface area contributed by atoms with E-state index in [1.807, 2.05) is 0 Å². The van der Waals surface area contributed by atoms with E-state index >= 15 is 0 Å². The van der Waals surface area contributed by atoms with Crippen LogP contribution in [-0.4, -0.2) is 191 Å². The summed E-state index contributed by atoms with van der Waals surface area (Å²) < 4.78 is 32.8. The molecule has 18 heteroatoms. The highest BCUT2D eigenvalue weighted by molar-refractivity contribution is 4.97. The zero-order valence-corrected chi connectivity index (χ0v) is 22.6. The Morgan fingerprint density at radius 1 is 0.500 bits per heavy atom. The second kappa shape index (κ2) is 14.1. The van der Waals surface area contributed by atoms with E-state index in [1.165, 1.54) is 6.92 Å². The van der Waals surface area contributed by atoms with Crippen molar-refractivity contribution in [1.82, 2.24) is 0 Å². The van der Waals surface area contributed by atoms with Gasteiger partial charge in [-0.1, -0.05) is 0 Å². The summed E-state index contributed by atoms with van der Waals surface area (Å²) in [5.74, 6) is 0. The van der Waals surface area contributed by atoms with Crippen molar-refractivity contribution in [3.63, 3.8) is 0 Å². The van der Waals surface area contributed by atoms with Crippen LogP contribution < -0.4 is 0 Å². The number of rotatable bonds is 8. The molecule has 4 aliphatic rings. The van der Waals surface area contributed by atoms with E-state index in [2.05, 4.69) is 0 Å². The SMILES string of the molecule is C[C@H]1O[C@@H](O)[C@@H](O)[C@@H](O)[C@H]1O[C@@H]1CC[C@H](O[C@H]2O[C@@H](CO)[C@@H](O[C@H]3O[C@@H](CO)[C@@H](O)[C@@H](O)[C@H]3O)[C@@H](O)[C@H]2O)[C@H](O)[C@@H]1O. The predicted molar refractivity (Wildman–Crippen MR) is 130 cm³/mol. The largest absolute Gasteiger partial charge is 0.394 e. The fraction of sp³-hybridized carbons (Fsp3) is 1.00. The van der Waals surface area contributed by atoms with Crippen LogP contribution in [0.4, 0.5) is 0 Å². The van der Waals surface area contributed by atoms with Gasteiger partial charge in [0.25, 0.3) is 0 Å². The number of hydrogen-bond donors (Lipinski definition) is 12. The van der Waals surface area contributed by atoms with Gasteiger partial charge in [0, 0.05) is 0 Å². The Bertz CT molecular complexity index is 850. The van der Waals surface area contributed by atoms with Crippen molar-refractivity contribution in [1.29, 1.82) is 0 Å². The molecule has 0 aromatic carbocycles. The van der Waals surface area contributed by atoms with Crippen LogP contribution in [0, 0.1) is 0 Å². The topological polar surface area (TPSA) is 298 Å². The number of hydrogen-bond acceptors (Lipinski definition) is 18. The van der Waals surface area contributed by atoms with E-state index in [0.717, 1.165) is 0 Å². The van der Waals surface area contributed by atoms with E-state index in [9.17, 15) is 61.3 Å². The minimum atomic E-state index is -1.84. The summed E-state index contributed by atoms with van der Waals surface area (Å²) in [6.45, 7) is -0.0428. The molecule has 4 rings (SSSR count). The Labute approximate surface area is 239 Å². The monoisotopic (exact) mass is 618 g/mol. The molecule has 42 heavy (non-hydrogen) atoms. The lowest BCUT2D eigenvalue weighted by Crippen LogP contribution is -2.65. The lowest BCUT2D eigenvalue weighted by molar-refractivity contribution is -0.367. The van der Waals surface area contributed by atoms with E-state index in [1.54, 1.807) is 0 Å². The molecule has 3 saturated heterocycles. The zero-order chi connectivity index (χ0) is 31.0. The van der Waals surface area contributed by atoms with Gasteiger partial charge >= 0.3 is 0 Å². The average Bonchev–Trinajstić information content (AvgIpc) is 2.97. The molecular weight excluding hydrogens is 576 g/mol. The van der Waals surface area contributed by atoms with Gasteiger partial charge in [0.1, 0.15) is 79.4 Å². The van der Waals surface area contributed by atoms with Crippen LogP contribution in [0.2, 0.25) is 0 Å². The maximum absolute atomic E-state index is 10.8. The average molecular weight is 619 g/mol. The Morgan fingerprint density at radius 3 is 1.60 bits per heavy atom. The Balaban J connectivity index is 1.36. The first kappa shape index (κ1) is 34.2. The van der Waals surface area contributed by atoms with Gasteiger partial charge in [0.15, 0.2) is 18.9 Å². The van der Waals surface area contributed by atoms with E-state index in [0.29, 0.717) is 0 Å². The van der Waals surface area contributed by atoms with Crippen molar-refractivity contribution in [2.45, 2.75) is 136 Å². The van der Waals surface area contributed by atoms with Crippen molar-refractivity contribution in [2.24, 2.45) is 0 Å². The predicted octanol–water partition coefficient (Wildman–Crippen LogP) is -7.28. The van der Waals surface area contributed by atoms with Gasteiger partial charge in [-0.15, -0.1) is 0 Å². The second-order valence-electron chi connectivity index (χ2n) is 11.1. The zero-order valence-electron chi connectivity index (χ0n) is 22.6. The van der Waals surface area contributed by atoms with Crippen LogP contribution in [0.25, 0.3) is 0 Å². The van der Waals surface area contributed by atoms with Crippen LogP contribution in [0.3, 0.4) is 0 Å². The number of aliphatic hydroxyl groups is 12. The van der Waals surface area contributed by atoms with Crippen LogP contribution in [0.5, 0.6) is 0 Å². The summed E-state index contributed by atoms with van der Waals surface area (Å²) in [5.41, 5.74) is 0. The van der Waals surface area contributed by atoms with Crippen LogP contribution in [0.15, 0.2) is 0 Å². The molecule has 12 N–H and O–H groups in total. The summed E-state index contributed by atoms with van der Waals surface area (Å²) >= 11 is 0. The molecule has 1 saturated carbocycles. The van der Waals surface area contributed by atoms with Crippen molar-refractivity contribution >= 4 is 0 Å². The molecule has 18 nitrogen and oxygen atoms in total. The summed E-state index contributed by atoms with van der Waals surface area (Å²) in [6.07, 6.45) is -28.7. The van der Waals surface area contributed by atoms with Crippen LogP contribution >= 0.6 is 0 Å². The molecule has 0 bridgehead atoms. The molecule has 1 aliphatic carbocycles. The minimum Gasteiger partial charge on any atom is -0.394 e. The standard InChI is InChI=1S/C24H42O18/c1-6-20(15(31)17(33)22(36)37-6)38-7-2-3-8(12(28)11(7)27)39-23-19(35)16(32)21(10(5-26)41-23)42-24-18(34)14(30)13(29)9(4-25)40-24/h6-36H,2-5H2,1H3/t6-,7-,8+,9+,10+,11-,12+,13-,14-,15-,16+,17+,18-,19-,20+,21-,22-,23+,24-/m1/s1. The Hall–Kier alpha value is -0.720. The van der Waals surface area contributed by atoms with Crippen molar-refractivity contribution < 1.29 is 89.7 Å². The fourth-order valence-corrected chi connectivity index (χ4v) is 5.66. The van der Waals surface area contributed by atoms with E-state index in [4.69, 9.17) is 28.4 Å². The van der Waals surface area contributed by atoms with Crippen LogP contribution in [-0.2, 0) is 28.4 Å². The van der Waals surface area contributed by atoms with Gasteiger partial charge in [-0.05, 0) is 19.8 Å². The van der Waals surface area contributed by atoms with Gasteiger partial charge in [-0.2, -0.15) is 0 Å². The molecule has 0 aromatic heterocycles. The van der Waals surface area contributed by atoms with Crippen molar-refractivity contribution in [3.05, 3.63) is 0 Å². The maximum atomic E-state index is 10.8. The number of ether oxygens (including phenoxy) is 6. The highest BCUT2D eigenvalue weighted by atomic mass is 16.7. The van der Waals surface area contributed by atoms with Crippen molar-refractivity contribution in [2.75, 3.05) is 13.2 Å². The first-order chi connectivity index (χ1) is 19.8. The molecule has 0 unspecified atom stereocenters. The van der Waals surface area contributed by atoms with Gasteiger partial charge in [-0.3, -0.25) is 0 Å². The van der Waals surface area contributed by atoms with E-state index in [-0.39, 0.29) is 12.8 Å². The minimum absolute atomic E-state index is 0.0311. The third-order valence-electron chi connectivity index (χ3n) is 8.24. The Kier molecular flexibility index (Phi) is 11.5. The highest BCUT2D eigenvalue weighted by Crippen LogP contribution is 2.34. The quantitative estimate of drug-likeness (QED) is 0.120. The van der Waals surface area contributed by atoms with Gasteiger partial charge in [-0.25, -0.2) is 0 Å². The summed E-state index contributed by atoms with van der Waals surface area (Å²) in [4.78, 5) is 0. The van der Waals surface area contributed by atoms with Crippen LogP contribution in [0.1, 0.15) is 19.8 Å². The molecule has 246 valence electrons. The van der Waals surface area contributed by atoms with Gasteiger partial charge in [0.2, 0.25) is 0 Å². The molecule has 3 aliphatic heterocycles. The second-order valence-corrected chi connectivity index (χ2v) is 11.1. The lowest BCUT2D eigenvalue weighted by Gasteiger charge is -2.47. The van der Waals surface area contributed by atoms with Gasteiger partial charge in [0.05, 0.1) is 31.5 Å². The van der Waals surface area contributed by atoms with Crippen molar-refractivity contribution in [3.8, 4) is 0 Å². The first-order valence-corrected chi connectivity index (χ1v) is 13.8.